The summed E-state index contributed by atoms with van der Waals surface area (Å²) < 4.78 is 19.1. The van der Waals surface area contributed by atoms with E-state index in [0.29, 0.717) is 0 Å². The largest absolute Gasteiger partial charge is 0.466 e. The van der Waals surface area contributed by atoms with Gasteiger partial charge in [-0.15, -0.1) is 0 Å². The number of rotatable bonds is 9. The SMILES string of the molecule is CCOC(=O)CC(=O)O[C@@H](C)[C@H](C)OC(=O)CC(=O)OCC. The van der Waals surface area contributed by atoms with Crippen molar-refractivity contribution in [2.75, 3.05) is 13.2 Å². The number of ether oxygens (including phenoxy) is 4. The van der Waals surface area contributed by atoms with Gasteiger partial charge in [0.1, 0.15) is 25.0 Å². The van der Waals surface area contributed by atoms with E-state index in [1.165, 1.54) is 13.8 Å². The Morgan fingerprint density at radius 2 is 1.00 bits per heavy atom. The maximum absolute atomic E-state index is 11.5. The predicted molar refractivity (Wildman–Crippen MR) is 73.6 cm³/mol. The summed E-state index contributed by atoms with van der Waals surface area (Å²) in [5, 5.41) is 0. The third kappa shape index (κ3) is 8.93. The molecule has 0 aromatic carbocycles. The summed E-state index contributed by atoms with van der Waals surface area (Å²) in [6.45, 7) is 6.59. The molecule has 0 bridgehead atoms. The molecule has 0 aromatic heterocycles. The first-order valence-corrected chi connectivity index (χ1v) is 7.00. The van der Waals surface area contributed by atoms with Crippen molar-refractivity contribution in [3.05, 3.63) is 0 Å². The van der Waals surface area contributed by atoms with Crippen LogP contribution in [0.3, 0.4) is 0 Å². The molecule has 0 saturated carbocycles. The van der Waals surface area contributed by atoms with Gasteiger partial charge in [-0.2, -0.15) is 0 Å². The minimum absolute atomic E-state index is 0.170. The van der Waals surface area contributed by atoms with Crippen LogP contribution in [0, 0.1) is 0 Å². The topological polar surface area (TPSA) is 105 Å². The van der Waals surface area contributed by atoms with Crippen molar-refractivity contribution < 1.29 is 38.1 Å². The maximum Gasteiger partial charge on any atom is 0.317 e. The highest BCUT2D eigenvalue weighted by Crippen LogP contribution is 2.07. The van der Waals surface area contributed by atoms with Gasteiger partial charge in [-0.3, -0.25) is 19.2 Å². The van der Waals surface area contributed by atoms with Gasteiger partial charge in [0.05, 0.1) is 13.2 Å². The Morgan fingerprint density at radius 3 is 1.27 bits per heavy atom. The van der Waals surface area contributed by atoms with Crippen molar-refractivity contribution in [3.8, 4) is 0 Å². The van der Waals surface area contributed by atoms with Crippen LogP contribution in [-0.4, -0.2) is 49.3 Å². The molecule has 0 fully saturated rings. The molecule has 8 heteroatoms. The van der Waals surface area contributed by atoms with Crippen LogP contribution in [0.2, 0.25) is 0 Å². The van der Waals surface area contributed by atoms with Crippen molar-refractivity contribution in [2.24, 2.45) is 0 Å². The normalized spacial score (nSPS) is 12.7. The summed E-state index contributed by atoms with van der Waals surface area (Å²) in [4.78, 5) is 45.1. The zero-order valence-corrected chi connectivity index (χ0v) is 13.2. The van der Waals surface area contributed by atoms with E-state index in [2.05, 4.69) is 9.47 Å². The van der Waals surface area contributed by atoms with E-state index < -0.39 is 48.9 Å². The Hall–Kier alpha value is -2.12. The second-order valence-electron chi connectivity index (χ2n) is 4.35. The van der Waals surface area contributed by atoms with Crippen LogP contribution in [0.4, 0.5) is 0 Å². The highest BCUT2D eigenvalue weighted by Gasteiger charge is 2.23. The zero-order chi connectivity index (χ0) is 17.1. The Morgan fingerprint density at radius 1 is 0.682 bits per heavy atom. The zero-order valence-electron chi connectivity index (χ0n) is 13.2. The minimum Gasteiger partial charge on any atom is -0.466 e. The summed E-state index contributed by atoms with van der Waals surface area (Å²) in [5.74, 6) is -2.93. The van der Waals surface area contributed by atoms with Gasteiger partial charge in [-0.05, 0) is 27.7 Å². The molecule has 2 atom stereocenters. The molecule has 126 valence electrons. The fourth-order valence-electron chi connectivity index (χ4n) is 1.35. The quantitative estimate of drug-likeness (QED) is 0.348. The van der Waals surface area contributed by atoms with Crippen LogP contribution < -0.4 is 0 Å². The Labute approximate surface area is 129 Å². The summed E-state index contributed by atoms with van der Waals surface area (Å²) in [7, 11) is 0. The summed E-state index contributed by atoms with van der Waals surface area (Å²) in [5.41, 5.74) is 0. The molecule has 8 nitrogen and oxygen atoms in total. The lowest BCUT2D eigenvalue weighted by atomic mass is 10.2. The summed E-state index contributed by atoms with van der Waals surface area (Å²) in [6, 6.07) is 0. The van der Waals surface area contributed by atoms with E-state index in [1.54, 1.807) is 13.8 Å². The first kappa shape index (κ1) is 19.9. The molecule has 0 rings (SSSR count). The van der Waals surface area contributed by atoms with Crippen molar-refractivity contribution >= 4 is 23.9 Å². The Kier molecular flexibility index (Phi) is 9.56. The average Bonchev–Trinajstić information content (AvgIpc) is 2.38. The van der Waals surface area contributed by atoms with Crippen molar-refractivity contribution in [3.63, 3.8) is 0 Å². The minimum atomic E-state index is -0.778. The van der Waals surface area contributed by atoms with Crippen LogP contribution >= 0.6 is 0 Å². The van der Waals surface area contributed by atoms with E-state index in [0.717, 1.165) is 0 Å². The molecule has 0 aromatic rings. The fraction of sp³-hybridized carbons (Fsp3) is 0.714. The lowest BCUT2D eigenvalue weighted by Crippen LogP contribution is -2.32. The molecular weight excluding hydrogens is 296 g/mol. The number of esters is 4. The molecule has 0 radical (unpaired) electrons. The molecule has 0 spiro atoms. The summed E-state index contributed by atoms with van der Waals surface area (Å²) in [6.07, 6.45) is -2.57. The van der Waals surface area contributed by atoms with Crippen molar-refractivity contribution in [2.45, 2.75) is 52.7 Å². The van der Waals surface area contributed by atoms with Crippen LogP contribution in [0.5, 0.6) is 0 Å². The van der Waals surface area contributed by atoms with E-state index >= 15 is 0 Å². The van der Waals surface area contributed by atoms with Crippen molar-refractivity contribution in [1.82, 2.24) is 0 Å². The number of hydrogen-bond donors (Lipinski definition) is 0. The highest BCUT2D eigenvalue weighted by molar-refractivity contribution is 5.91. The molecule has 0 aliphatic heterocycles. The van der Waals surface area contributed by atoms with Gasteiger partial charge >= 0.3 is 23.9 Å². The van der Waals surface area contributed by atoms with Crippen LogP contribution in [0.25, 0.3) is 0 Å². The lowest BCUT2D eigenvalue weighted by Gasteiger charge is -2.20. The van der Waals surface area contributed by atoms with E-state index in [-0.39, 0.29) is 13.2 Å². The van der Waals surface area contributed by atoms with E-state index in [4.69, 9.17) is 9.47 Å². The van der Waals surface area contributed by atoms with Gasteiger partial charge in [0.15, 0.2) is 0 Å². The first-order valence-electron chi connectivity index (χ1n) is 7.00. The van der Waals surface area contributed by atoms with Gasteiger partial charge in [0.2, 0.25) is 0 Å². The standard InChI is InChI=1S/C14H22O8/c1-5-19-11(15)7-13(17)21-9(3)10(4)22-14(18)8-12(16)20-6-2/h9-10H,5-8H2,1-4H3/t9-,10-/m0/s1. The molecule has 22 heavy (non-hydrogen) atoms. The van der Waals surface area contributed by atoms with Crippen molar-refractivity contribution in [1.29, 1.82) is 0 Å². The van der Waals surface area contributed by atoms with Crippen LogP contribution in [0.15, 0.2) is 0 Å². The monoisotopic (exact) mass is 318 g/mol. The molecule has 0 unspecified atom stereocenters. The second kappa shape index (κ2) is 10.6. The smallest absolute Gasteiger partial charge is 0.317 e. The Balaban J connectivity index is 4.17. The molecule has 0 amide bonds. The average molecular weight is 318 g/mol. The molecule has 0 aliphatic carbocycles. The van der Waals surface area contributed by atoms with Gasteiger partial charge in [-0.25, -0.2) is 0 Å². The third-order valence-electron chi connectivity index (χ3n) is 2.48. The summed E-state index contributed by atoms with van der Waals surface area (Å²) >= 11 is 0. The van der Waals surface area contributed by atoms with E-state index in [1.807, 2.05) is 0 Å². The molecule has 0 N–H and O–H groups in total. The van der Waals surface area contributed by atoms with Gasteiger partial charge in [-0.1, -0.05) is 0 Å². The fourth-order valence-corrected chi connectivity index (χ4v) is 1.35. The molecule has 0 saturated heterocycles. The van der Waals surface area contributed by atoms with Crippen LogP contribution in [0.1, 0.15) is 40.5 Å². The second-order valence-corrected chi connectivity index (χ2v) is 4.35. The molecule has 0 heterocycles. The lowest BCUT2D eigenvalue weighted by molar-refractivity contribution is -0.170. The first-order chi connectivity index (χ1) is 10.3. The van der Waals surface area contributed by atoms with Gasteiger partial charge in [0, 0.05) is 0 Å². The third-order valence-corrected chi connectivity index (χ3v) is 2.48. The predicted octanol–water partition coefficient (Wildman–Crippen LogP) is 0.756. The molecule has 0 aliphatic rings. The van der Waals surface area contributed by atoms with Gasteiger partial charge in [0.25, 0.3) is 0 Å². The number of carbonyl (C=O) groups excluding carboxylic acids is 4. The number of carbonyl (C=O) groups is 4. The van der Waals surface area contributed by atoms with E-state index in [9.17, 15) is 19.2 Å². The van der Waals surface area contributed by atoms with Crippen LogP contribution in [-0.2, 0) is 38.1 Å². The highest BCUT2D eigenvalue weighted by atomic mass is 16.6. The maximum atomic E-state index is 11.5. The van der Waals surface area contributed by atoms with Gasteiger partial charge < -0.3 is 18.9 Å². The number of hydrogen-bond acceptors (Lipinski definition) is 8. The molecular formula is C14H22O8. The Bertz CT molecular complexity index is 366.